The molecule has 0 fully saturated rings. The molecule has 48 valence electrons. The lowest BCUT2D eigenvalue weighted by molar-refractivity contribution is 0.580. The fourth-order valence-corrected chi connectivity index (χ4v) is 1.18. The minimum absolute atomic E-state index is 0.325. The van der Waals surface area contributed by atoms with E-state index in [4.69, 9.17) is 0 Å². The van der Waals surface area contributed by atoms with Crippen molar-refractivity contribution in [3.05, 3.63) is 0 Å². The molecule has 0 radical (unpaired) electrons. The molecule has 1 atom stereocenters. The Bertz CT molecular complexity index is 63.5. The molecule has 0 saturated carbocycles. The summed E-state index contributed by atoms with van der Waals surface area (Å²) in [6.07, 6.45) is 3.29. The van der Waals surface area contributed by atoms with Crippen molar-refractivity contribution < 1.29 is 4.57 Å². The Morgan fingerprint density at radius 1 is 1.50 bits per heavy atom. The van der Waals surface area contributed by atoms with Crippen LogP contribution in [-0.2, 0) is 4.57 Å². The molecule has 0 saturated heterocycles. The summed E-state index contributed by atoms with van der Waals surface area (Å²) in [5.74, 6) is 0. The van der Waals surface area contributed by atoms with Crippen LogP contribution < -0.4 is 0 Å². The summed E-state index contributed by atoms with van der Waals surface area (Å²) in [4.78, 5) is 0. The van der Waals surface area contributed by atoms with Crippen molar-refractivity contribution in [3.63, 3.8) is 0 Å². The van der Waals surface area contributed by atoms with Crippen LogP contribution in [0, 0.1) is 0 Å². The van der Waals surface area contributed by atoms with Gasteiger partial charge < -0.3 is 0 Å². The van der Waals surface area contributed by atoms with Crippen LogP contribution in [0.15, 0.2) is 0 Å². The summed E-state index contributed by atoms with van der Waals surface area (Å²) >= 11 is 0. The summed E-state index contributed by atoms with van der Waals surface area (Å²) in [5.41, 5.74) is 0.417. The molecule has 0 rings (SSSR count). The second-order valence-electron chi connectivity index (χ2n) is 1.96. The lowest BCUT2D eigenvalue weighted by Gasteiger charge is -1.99. The molecule has 0 aliphatic carbocycles. The molecule has 8 heavy (non-hydrogen) atoms. The molecule has 0 amide bonds. The van der Waals surface area contributed by atoms with Crippen LogP contribution >= 0.6 is 8.46 Å². The van der Waals surface area contributed by atoms with E-state index in [9.17, 15) is 4.57 Å². The van der Waals surface area contributed by atoms with Gasteiger partial charge in [0, 0.05) is 5.66 Å². The SMILES string of the molecule is CCCC(CC)P=O. The van der Waals surface area contributed by atoms with Crippen molar-refractivity contribution >= 4 is 8.46 Å². The van der Waals surface area contributed by atoms with Crippen molar-refractivity contribution in [1.82, 2.24) is 0 Å². The van der Waals surface area contributed by atoms with Crippen molar-refractivity contribution in [2.75, 3.05) is 0 Å². The van der Waals surface area contributed by atoms with Gasteiger partial charge in [0.25, 0.3) is 0 Å². The maximum absolute atomic E-state index is 10.2. The fourth-order valence-electron chi connectivity index (χ4n) is 0.665. The Labute approximate surface area is 52.7 Å². The van der Waals surface area contributed by atoms with Gasteiger partial charge in [-0.05, 0) is 12.8 Å². The van der Waals surface area contributed by atoms with Crippen molar-refractivity contribution in [2.45, 2.75) is 38.8 Å². The molecule has 2 heteroatoms. The quantitative estimate of drug-likeness (QED) is 0.537. The highest BCUT2D eigenvalue weighted by atomic mass is 31.1. The van der Waals surface area contributed by atoms with Gasteiger partial charge in [0.2, 0.25) is 0 Å². The van der Waals surface area contributed by atoms with E-state index < -0.39 is 0 Å². The lowest BCUT2D eigenvalue weighted by Crippen LogP contribution is -1.93. The summed E-state index contributed by atoms with van der Waals surface area (Å²) in [6.45, 7) is 4.19. The normalized spacial score (nSPS) is 14.2. The number of rotatable bonds is 4. The number of hydrogen-bond donors (Lipinski definition) is 0. The summed E-state index contributed by atoms with van der Waals surface area (Å²) in [5, 5.41) is 0. The minimum atomic E-state index is 0.325. The highest BCUT2D eigenvalue weighted by Crippen LogP contribution is 2.15. The van der Waals surface area contributed by atoms with Crippen LogP contribution in [0.1, 0.15) is 33.1 Å². The molecule has 1 unspecified atom stereocenters. The van der Waals surface area contributed by atoms with E-state index in [1.165, 1.54) is 0 Å². The third kappa shape index (κ3) is 3.15. The molecule has 0 aliphatic rings. The lowest BCUT2D eigenvalue weighted by atomic mass is 10.2. The van der Waals surface area contributed by atoms with Gasteiger partial charge in [-0.1, -0.05) is 20.3 Å². The van der Waals surface area contributed by atoms with E-state index in [1.54, 1.807) is 0 Å². The zero-order valence-corrected chi connectivity index (χ0v) is 6.45. The van der Waals surface area contributed by atoms with Crippen LogP contribution in [0.2, 0.25) is 0 Å². The van der Waals surface area contributed by atoms with Crippen LogP contribution in [0.3, 0.4) is 0 Å². The van der Waals surface area contributed by atoms with Gasteiger partial charge in [-0.2, -0.15) is 0 Å². The molecule has 0 N–H and O–H groups in total. The van der Waals surface area contributed by atoms with E-state index in [2.05, 4.69) is 13.8 Å². The Balaban J connectivity index is 3.21. The maximum atomic E-state index is 10.2. The highest BCUT2D eigenvalue weighted by molar-refractivity contribution is 7.24. The van der Waals surface area contributed by atoms with Gasteiger partial charge in [-0.25, -0.2) is 0 Å². The van der Waals surface area contributed by atoms with Crippen molar-refractivity contribution in [2.24, 2.45) is 0 Å². The molecular formula is C6H13OP. The second-order valence-corrected chi connectivity index (χ2v) is 2.90. The minimum Gasteiger partial charge on any atom is -0.275 e. The van der Waals surface area contributed by atoms with Crippen LogP contribution in [0.5, 0.6) is 0 Å². The summed E-state index contributed by atoms with van der Waals surface area (Å²) in [7, 11) is 0.325. The Morgan fingerprint density at radius 3 is 2.25 bits per heavy atom. The smallest absolute Gasteiger partial charge is 0.158 e. The van der Waals surface area contributed by atoms with E-state index >= 15 is 0 Å². The molecule has 0 aromatic carbocycles. The number of hydrogen-bond acceptors (Lipinski definition) is 1. The van der Waals surface area contributed by atoms with E-state index in [0.717, 1.165) is 19.3 Å². The van der Waals surface area contributed by atoms with Crippen molar-refractivity contribution in [1.29, 1.82) is 0 Å². The van der Waals surface area contributed by atoms with E-state index in [0.29, 0.717) is 14.1 Å². The van der Waals surface area contributed by atoms with Crippen LogP contribution in [0.4, 0.5) is 0 Å². The zero-order valence-electron chi connectivity index (χ0n) is 5.55. The Kier molecular flexibility index (Phi) is 5.31. The molecule has 1 nitrogen and oxygen atoms in total. The molecule has 0 aromatic heterocycles. The Morgan fingerprint density at radius 2 is 2.12 bits per heavy atom. The zero-order chi connectivity index (χ0) is 6.41. The van der Waals surface area contributed by atoms with Gasteiger partial charge in [-0.3, -0.25) is 4.57 Å². The van der Waals surface area contributed by atoms with Gasteiger partial charge >= 0.3 is 0 Å². The molecule has 0 bridgehead atoms. The largest absolute Gasteiger partial charge is 0.275 e. The van der Waals surface area contributed by atoms with Gasteiger partial charge in [0.05, 0.1) is 0 Å². The highest BCUT2D eigenvalue weighted by Gasteiger charge is 2.01. The van der Waals surface area contributed by atoms with E-state index in [-0.39, 0.29) is 0 Å². The molecule has 0 spiro atoms. The predicted octanol–water partition coefficient (Wildman–Crippen LogP) is 2.86. The maximum Gasteiger partial charge on any atom is 0.158 e. The molecule has 0 aromatic rings. The second kappa shape index (κ2) is 5.24. The van der Waals surface area contributed by atoms with Crippen LogP contribution in [0.25, 0.3) is 0 Å². The average Bonchev–Trinajstić information content (AvgIpc) is 1.83. The molecule has 0 aliphatic heterocycles. The van der Waals surface area contributed by atoms with Crippen molar-refractivity contribution in [3.8, 4) is 0 Å². The van der Waals surface area contributed by atoms with Gasteiger partial charge in [-0.15, -0.1) is 0 Å². The van der Waals surface area contributed by atoms with Gasteiger partial charge in [0.1, 0.15) is 0 Å². The molecule has 0 heterocycles. The first-order valence-electron chi connectivity index (χ1n) is 3.17. The fraction of sp³-hybridized carbons (Fsp3) is 1.00. The van der Waals surface area contributed by atoms with Gasteiger partial charge in [0.15, 0.2) is 8.46 Å². The van der Waals surface area contributed by atoms with Crippen LogP contribution in [-0.4, -0.2) is 5.66 Å². The first-order chi connectivity index (χ1) is 3.85. The monoisotopic (exact) mass is 132 g/mol. The topological polar surface area (TPSA) is 17.1 Å². The summed E-state index contributed by atoms with van der Waals surface area (Å²) < 4.78 is 10.2. The third-order valence-corrected chi connectivity index (χ3v) is 2.16. The first kappa shape index (κ1) is 8.10. The Hall–Kier alpha value is 0.100. The molecular weight excluding hydrogens is 119 g/mol. The average molecular weight is 132 g/mol. The first-order valence-corrected chi connectivity index (χ1v) is 4.05. The third-order valence-electron chi connectivity index (χ3n) is 1.24. The standard InChI is InChI=1S/C6H13OP/c1-3-5-6(4-2)8-7/h6H,3-5H2,1-2H3. The summed E-state index contributed by atoms with van der Waals surface area (Å²) in [6, 6.07) is 0. The predicted molar refractivity (Wildman–Crippen MR) is 36.6 cm³/mol. The van der Waals surface area contributed by atoms with E-state index in [1.807, 2.05) is 0 Å².